The van der Waals surface area contributed by atoms with Crippen molar-refractivity contribution >= 4 is 29.2 Å². The molecule has 2 heterocycles. The van der Waals surface area contributed by atoms with Crippen molar-refractivity contribution in [2.75, 3.05) is 24.5 Å². The van der Waals surface area contributed by atoms with E-state index in [0.29, 0.717) is 24.1 Å². The monoisotopic (exact) mass is 429 g/mol. The molecule has 1 saturated heterocycles. The van der Waals surface area contributed by atoms with Gasteiger partial charge >= 0.3 is 12.0 Å². The third kappa shape index (κ3) is 4.99. The second kappa shape index (κ2) is 9.30. The summed E-state index contributed by atoms with van der Waals surface area (Å²) in [5, 5.41) is 3.68. The van der Waals surface area contributed by atoms with Crippen molar-refractivity contribution < 1.29 is 14.3 Å². The van der Waals surface area contributed by atoms with Crippen molar-refractivity contribution in [2.45, 2.75) is 37.8 Å². The van der Waals surface area contributed by atoms with Crippen LogP contribution in [-0.2, 0) is 4.79 Å². The zero-order chi connectivity index (χ0) is 20.9. The van der Waals surface area contributed by atoms with Crippen LogP contribution in [-0.4, -0.2) is 58.6 Å². The zero-order valence-electron chi connectivity index (χ0n) is 16.5. The van der Waals surface area contributed by atoms with Gasteiger partial charge in [-0.3, -0.25) is 9.69 Å². The third-order valence-corrected chi connectivity index (χ3v) is 5.67. The molecule has 0 atom stereocenters. The minimum atomic E-state index is -0.160. The zero-order valence-corrected chi connectivity index (χ0v) is 17.3. The molecular formula is C21H24ClN5O3. The number of rotatable bonds is 6. The van der Waals surface area contributed by atoms with Crippen LogP contribution in [0.15, 0.2) is 42.7 Å². The highest BCUT2D eigenvalue weighted by Gasteiger charge is 2.31. The maximum Gasteiger partial charge on any atom is 0.325 e. The van der Waals surface area contributed by atoms with Crippen molar-refractivity contribution in [1.29, 1.82) is 0 Å². The smallest absolute Gasteiger partial charge is 0.325 e. The van der Waals surface area contributed by atoms with Crippen LogP contribution in [0.3, 0.4) is 0 Å². The molecule has 0 bridgehead atoms. The average Bonchev–Trinajstić information content (AvgIpc) is 3.11. The van der Waals surface area contributed by atoms with E-state index in [1.54, 1.807) is 40.4 Å². The number of anilines is 1. The summed E-state index contributed by atoms with van der Waals surface area (Å²) >= 11 is 5.91. The summed E-state index contributed by atoms with van der Waals surface area (Å²) in [6, 6.07) is 9.20. The average molecular weight is 430 g/mol. The van der Waals surface area contributed by atoms with Gasteiger partial charge in [0, 0.05) is 42.2 Å². The second-order valence-electron chi connectivity index (χ2n) is 7.52. The fourth-order valence-electron chi connectivity index (χ4n) is 3.86. The normalized spacial score (nSPS) is 21.6. The van der Waals surface area contributed by atoms with E-state index < -0.39 is 0 Å². The molecule has 9 heteroatoms. The molecule has 1 aromatic carbocycles. The maximum absolute atomic E-state index is 12.6. The molecule has 1 aliphatic carbocycles. The van der Waals surface area contributed by atoms with Gasteiger partial charge in [-0.1, -0.05) is 11.6 Å². The van der Waals surface area contributed by atoms with Crippen molar-refractivity contribution in [3.63, 3.8) is 0 Å². The Bertz CT molecular complexity index is 872. The minimum Gasteiger partial charge on any atom is -0.460 e. The van der Waals surface area contributed by atoms with Crippen LogP contribution < -0.4 is 15.0 Å². The lowest BCUT2D eigenvalue weighted by Crippen LogP contribution is -2.45. The van der Waals surface area contributed by atoms with Gasteiger partial charge in [-0.15, -0.1) is 0 Å². The van der Waals surface area contributed by atoms with E-state index in [9.17, 15) is 9.59 Å². The van der Waals surface area contributed by atoms with Crippen LogP contribution in [0.1, 0.15) is 25.7 Å². The summed E-state index contributed by atoms with van der Waals surface area (Å²) < 4.78 is 5.79. The topological polar surface area (TPSA) is 87.7 Å². The fourth-order valence-corrected chi connectivity index (χ4v) is 3.98. The highest BCUT2D eigenvalue weighted by Crippen LogP contribution is 2.23. The summed E-state index contributed by atoms with van der Waals surface area (Å²) in [6.07, 6.45) is 6.69. The van der Waals surface area contributed by atoms with Crippen molar-refractivity contribution in [3.05, 3.63) is 47.7 Å². The summed E-state index contributed by atoms with van der Waals surface area (Å²) in [7, 11) is 0. The number of carbonyl (C=O) groups is 2. The molecule has 1 aromatic heterocycles. The Kier molecular flexibility index (Phi) is 6.32. The number of hydrogen-bond acceptors (Lipinski definition) is 5. The quantitative estimate of drug-likeness (QED) is 0.762. The van der Waals surface area contributed by atoms with E-state index >= 15 is 0 Å². The molecule has 2 aliphatic rings. The number of halogens is 1. The first-order chi connectivity index (χ1) is 14.6. The summed E-state index contributed by atoms with van der Waals surface area (Å²) in [6.45, 7) is 1.14. The molecule has 158 valence electrons. The summed E-state index contributed by atoms with van der Waals surface area (Å²) in [5.74, 6) is -0.128. The predicted octanol–water partition coefficient (Wildman–Crippen LogP) is 2.88. The molecule has 8 nitrogen and oxygen atoms in total. The van der Waals surface area contributed by atoms with Gasteiger partial charge in [0.15, 0.2) is 0 Å². The molecule has 2 fully saturated rings. The lowest BCUT2D eigenvalue weighted by molar-refractivity contribution is -0.122. The van der Waals surface area contributed by atoms with Crippen LogP contribution >= 0.6 is 11.6 Å². The van der Waals surface area contributed by atoms with Gasteiger partial charge in [0.05, 0.1) is 0 Å². The van der Waals surface area contributed by atoms with Gasteiger partial charge < -0.3 is 15.0 Å². The van der Waals surface area contributed by atoms with Gasteiger partial charge in [-0.05, 0) is 56.0 Å². The predicted molar refractivity (Wildman–Crippen MR) is 113 cm³/mol. The maximum atomic E-state index is 12.6. The van der Waals surface area contributed by atoms with Gasteiger partial charge in [-0.25, -0.2) is 14.8 Å². The van der Waals surface area contributed by atoms with E-state index in [4.69, 9.17) is 16.3 Å². The van der Waals surface area contributed by atoms with E-state index in [1.807, 2.05) is 12.1 Å². The molecule has 1 aliphatic heterocycles. The molecule has 0 spiro atoms. The number of aromatic nitrogens is 2. The first kappa shape index (κ1) is 20.4. The van der Waals surface area contributed by atoms with E-state index in [1.165, 1.54) is 0 Å². The molecule has 3 amide bonds. The SMILES string of the molecule is O=C(CN1CCN(c2ccc(Cl)cc2)C1=O)NC1CCC(Oc2ncccn2)CC1. The van der Waals surface area contributed by atoms with E-state index in [0.717, 1.165) is 31.4 Å². The van der Waals surface area contributed by atoms with E-state index in [2.05, 4.69) is 15.3 Å². The molecule has 0 radical (unpaired) electrons. The number of amides is 3. The van der Waals surface area contributed by atoms with Gasteiger partial charge in [-0.2, -0.15) is 0 Å². The largest absolute Gasteiger partial charge is 0.460 e. The Hall–Kier alpha value is -2.87. The highest BCUT2D eigenvalue weighted by molar-refractivity contribution is 6.30. The Morgan fingerprint density at radius 3 is 2.50 bits per heavy atom. The number of ether oxygens (including phenoxy) is 1. The van der Waals surface area contributed by atoms with Crippen molar-refractivity contribution in [3.8, 4) is 6.01 Å². The van der Waals surface area contributed by atoms with Gasteiger partial charge in [0.25, 0.3) is 0 Å². The van der Waals surface area contributed by atoms with Crippen LogP contribution in [0, 0.1) is 0 Å². The third-order valence-electron chi connectivity index (χ3n) is 5.42. The Morgan fingerprint density at radius 2 is 1.80 bits per heavy atom. The van der Waals surface area contributed by atoms with Crippen LogP contribution in [0.5, 0.6) is 6.01 Å². The number of urea groups is 1. The van der Waals surface area contributed by atoms with E-state index in [-0.39, 0.29) is 30.6 Å². The number of carbonyl (C=O) groups excluding carboxylic acids is 2. The lowest BCUT2D eigenvalue weighted by Gasteiger charge is -2.29. The standard InChI is InChI=1S/C21H24ClN5O3/c22-15-2-6-17(7-3-15)27-13-12-26(21(27)29)14-19(28)25-16-4-8-18(9-5-16)30-20-23-10-1-11-24-20/h1-3,6-7,10-11,16,18H,4-5,8-9,12-14H2,(H,25,28). The number of hydrogen-bond donors (Lipinski definition) is 1. The first-order valence-electron chi connectivity index (χ1n) is 10.1. The number of nitrogens with one attached hydrogen (secondary N) is 1. The number of benzene rings is 1. The minimum absolute atomic E-state index is 0.0636. The van der Waals surface area contributed by atoms with Crippen LogP contribution in [0.25, 0.3) is 0 Å². The van der Waals surface area contributed by atoms with Crippen LogP contribution in [0.4, 0.5) is 10.5 Å². The highest BCUT2D eigenvalue weighted by atomic mass is 35.5. The van der Waals surface area contributed by atoms with Crippen molar-refractivity contribution in [2.24, 2.45) is 0 Å². The molecule has 4 rings (SSSR count). The molecule has 1 N–H and O–H groups in total. The molecule has 0 unspecified atom stereocenters. The Labute approximate surface area is 180 Å². The molecule has 2 aromatic rings. The fraction of sp³-hybridized carbons (Fsp3) is 0.429. The van der Waals surface area contributed by atoms with Gasteiger partial charge in [0.1, 0.15) is 12.6 Å². The molecular weight excluding hydrogens is 406 g/mol. The molecule has 30 heavy (non-hydrogen) atoms. The Morgan fingerprint density at radius 1 is 1.10 bits per heavy atom. The van der Waals surface area contributed by atoms with Crippen molar-refractivity contribution in [1.82, 2.24) is 20.2 Å². The summed E-state index contributed by atoms with van der Waals surface area (Å²) in [5.41, 5.74) is 0.785. The van der Waals surface area contributed by atoms with Gasteiger partial charge in [0.2, 0.25) is 5.91 Å². The lowest BCUT2D eigenvalue weighted by atomic mass is 9.93. The molecule has 1 saturated carbocycles. The second-order valence-corrected chi connectivity index (χ2v) is 7.96. The number of nitrogens with zero attached hydrogens (tertiary/aromatic N) is 4. The Balaban J connectivity index is 1.22. The van der Waals surface area contributed by atoms with Crippen LogP contribution in [0.2, 0.25) is 5.02 Å². The summed E-state index contributed by atoms with van der Waals surface area (Å²) in [4.78, 5) is 36.5. The first-order valence-corrected chi connectivity index (χ1v) is 10.5.